The Morgan fingerprint density at radius 2 is 1.06 bits per heavy atom. The average molecular weight is 832 g/mol. The van der Waals surface area contributed by atoms with Crippen LogP contribution in [0.5, 0.6) is 0 Å². The number of benzene rings is 9. The molecule has 1 aromatic heterocycles. The highest BCUT2D eigenvalue weighted by molar-refractivity contribution is 6.09. The minimum Gasteiger partial charge on any atom is -0.333 e. The molecule has 0 saturated heterocycles. The number of fused-ring (bicyclic) bond motifs is 9. The van der Waals surface area contributed by atoms with Crippen LogP contribution < -0.4 is 14.4 Å². The molecule has 2 atom stereocenters. The minimum atomic E-state index is 0.225. The number of allylic oxidation sites excluding steroid dienone is 2. The largest absolute Gasteiger partial charge is 0.333 e. The molecule has 0 radical (unpaired) electrons. The van der Waals surface area contributed by atoms with Crippen molar-refractivity contribution in [3.8, 4) is 39.1 Å². The number of anilines is 5. The summed E-state index contributed by atoms with van der Waals surface area (Å²) in [7, 11) is 0. The Kier molecular flexibility index (Phi) is 8.47. The van der Waals surface area contributed by atoms with E-state index in [1.54, 1.807) is 0 Å². The van der Waals surface area contributed by atoms with Gasteiger partial charge in [-0.1, -0.05) is 152 Å². The van der Waals surface area contributed by atoms with Crippen molar-refractivity contribution in [2.24, 2.45) is 0 Å². The van der Waals surface area contributed by atoms with E-state index in [0.29, 0.717) is 5.92 Å². The van der Waals surface area contributed by atoms with Gasteiger partial charge in [0.25, 0.3) is 0 Å². The Labute approximate surface area is 378 Å². The number of hydrogen-bond donors (Lipinski definition) is 0. The highest BCUT2D eigenvalue weighted by atomic mass is 15.2. The molecular weight excluding hydrogens is 789 g/mol. The van der Waals surface area contributed by atoms with Gasteiger partial charge in [0.1, 0.15) is 6.72 Å². The summed E-state index contributed by atoms with van der Waals surface area (Å²) in [5.74, 6) is 0.322. The molecule has 10 aromatic rings. The number of aromatic nitrogens is 1. The molecular formula is C61H43N4+. The Morgan fingerprint density at radius 3 is 1.83 bits per heavy atom. The lowest BCUT2D eigenvalue weighted by atomic mass is 9.91. The molecule has 0 amide bonds. The van der Waals surface area contributed by atoms with Crippen LogP contribution in [0.2, 0.25) is 0 Å². The third-order valence-electron chi connectivity index (χ3n) is 13.7. The van der Waals surface area contributed by atoms with E-state index in [4.69, 9.17) is 0 Å². The van der Waals surface area contributed by atoms with Crippen molar-refractivity contribution in [1.29, 1.82) is 0 Å². The Morgan fingerprint density at radius 1 is 0.462 bits per heavy atom. The van der Waals surface area contributed by atoms with E-state index >= 15 is 0 Å². The smallest absolute Gasteiger partial charge is 0.220 e. The highest BCUT2D eigenvalue weighted by Gasteiger charge is 2.38. The topological polar surface area (TPSA) is 14.4 Å². The van der Waals surface area contributed by atoms with E-state index in [2.05, 4.69) is 262 Å². The van der Waals surface area contributed by atoms with Crippen LogP contribution in [0.4, 0.5) is 39.8 Å². The summed E-state index contributed by atoms with van der Waals surface area (Å²) in [5.41, 5.74) is 19.9. The fourth-order valence-electron chi connectivity index (χ4n) is 10.8. The van der Waals surface area contributed by atoms with Gasteiger partial charge in [0, 0.05) is 62.8 Å². The van der Waals surface area contributed by atoms with E-state index in [9.17, 15) is 0 Å². The molecule has 9 aromatic carbocycles. The van der Waals surface area contributed by atoms with E-state index in [0.717, 1.165) is 39.7 Å². The first-order valence-electron chi connectivity index (χ1n) is 22.4. The van der Waals surface area contributed by atoms with Crippen LogP contribution in [0.1, 0.15) is 11.5 Å². The Hall–Kier alpha value is -8.47. The zero-order valence-electron chi connectivity index (χ0n) is 35.7. The second-order valence-corrected chi connectivity index (χ2v) is 17.2. The summed E-state index contributed by atoms with van der Waals surface area (Å²) in [5, 5.41) is 2.52. The summed E-state index contributed by atoms with van der Waals surface area (Å²) < 4.78 is 4.45. The van der Waals surface area contributed by atoms with Gasteiger partial charge in [0.2, 0.25) is 11.4 Å². The number of hydrogen-bond acceptors (Lipinski definition) is 2. The lowest BCUT2D eigenvalue weighted by Gasteiger charge is -2.31. The SMILES string of the molecule is C=[N+]1c2ccccc2-c2c(N(c3ccc(-c4cccc(-n5c6ccccc6c6ccccc65)c4)cc3)c3ccc(-c4ccccc4N4c5ccccc5C5C=CC=CC54)cc3)cccc21. The van der Waals surface area contributed by atoms with Gasteiger partial charge in [0.05, 0.1) is 33.9 Å². The van der Waals surface area contributed by atoms with Crippen molar-refractivity contribution >= 4 is 68.3 Å². The van der Waals surface area contributed by atoms with Crippen LogP contribution in [0.25, 0.3) is 60.9 Å². The molecule has 3 heterocycles. The van der Waals surface area contributed by atoms with Crippen molar-refractivity contribution in [3.63, 3.8) is 0 Å². The summed E-state index contributed by atoms with van der Waals surface area (Å²) in [6.45, 7) is 4.50. The molecule has 4 heteroatoms. The maximum absolute atomic E-state index is 4.50. The zero-order valence-corrected chi connectivity index (χ0v) is 35.7. The van der Waals surface area contributed by atoms with Crippen molar-refractivity contribution in [3.05, 3.63) is 242 Å². The van der Waals surface area contributed by atoms with Crippen LogP contribution in [-0.2, 0) is 0 Å². The first-order valence-corrected chi connectivity index (χ1v) is 22.4. The van der Waals surface area contributed by atoms with Crippen LogP contribution in [-0.4, -0.2) is 17.3 Å². The molecule has 0 fully saturated rings. The molecule has 65 heavy (non-hydrogen) atoms. The summed E-state index contributed by atoms with van der Waals surface area (Å²) in [6.07, 6.45) is 9.07. The third kappa shape index (κ3) is 5.81. The van der Waals surface area contributed by atoms with Gasteiger partial charge in [0.15, 0.2) is 0 Å². The van der Waals surface area contributed by atoms with E-state index < -0.39 is 0 Å². The quantitative estimate of drug-likeness (QED) is 0.149. The molecule has 2 unspecified atom stereocenters. The summed E-state index contributed by atoms with van der Waals surface area (Å²) in [4.78, 5) is 4.94. The third-order valence-corrected chi connectivity index (χ3v) is 13.7. The molecule has 0 spiro atoms. The summed E-state index contributed by atoms with van der Waals surface area (Å²) >= 11 is 0. The molecule has 13 rings (SSSR count). The monoisotopic (exact) mass is 831 g/mol. The Bertz CT molecular complexity index is 3540. The van der Waals surface area contributed by atoms with Gasteiger partial charge < -0.3 is 14.4 Å². The van der Waals surface area contributed by atoms with Crippen LogP contribution in [0.15, 0.2) is 237 Å². The van der Waals surface area contributed by atoms with Gasteiger partial charge in [-0.25, -0.2) is 0 Å². The second kappa shape index (κ2) is 14.8. The van der Waals surface area contributed by atoms with Crippen molar-refractivity contribution in [2.45, 2.75) is 12.0 Å². The number of nitrogens with zero attached hydrogens (tertiary/aromatic N) is 4. The zero-order chi connectivity index (χ0) is 43.0. The fourth-order valence-corrected chi connectivity index (χ4v) is 10.8. The van der Waals surface area contributed by atoms with Gasteiger partial charge >= 0.3 is 0 Å². The van der Waals surface area contributed by atoms with Gasteiger partial charge in [-0.05, 0) is 95.1 Å². The second-order valence-electron chi connectivity index (χ2n) is 17.2. The van der Waals surface area contributed by atoms with E-state index in [1.807, 2.05) is 0 Å². The molecule has 3 aliphatic rings. The highest BCUT2D eigenvalue weighted by Crippen LogP contribution is 2.53. The maximum atomic E-state index is 4.50. The van der Waals surface area contributed by atoms with Crippen LogP contribution in [0, 0.1) is 0 Å². The molecule has 4 nitrogen and oxygen atoms in total. The fraction of sp³-hybridized carbons (Fsp3) is 0.0328. The maximum Gasteiger partial charge on any atom is 0.220 e. The van der Waals surface area contributed by atoms with Crippen molar-refractivity contribution in [1.82, 2.24) is 9.14 Å². The van der Waals surface area contributed by atoms with Gasteiger partial charge in [-0.15, -0.1) is 0 Å². The van der Waals surface area contributed by atoms with Gasteiger partial charge in [-0.2, -0.15) is 4.58 Å². The minimum absolute atomic E-state index is 0.225. The molecule has 0 bridgehead atoms. The number of rotatable bonds is 7. The van der Waals surface area contributed by atoms with E-state index in [1.165, 1.54) is 66.6 Å². The Balaban J connectivity index is 0.911. The van der Waals surface area contributed by atoms with Crippen LogP contribution in [0.3, 0.4) is 0 Å². The lowest BCUT2D eigenvalue weighted by Crippen LogP contribution is -2.28. The first-order chi connectivity index (χ1) is 32.2. The average Bonchev–Trinajstić information content (AvgIpc) is 4.00. The molecule has 306 valence electrons. The molecule has 0 saturated carbocycles. The lowest BCUT2D eigenvalue weighted by molar-refractivity contribution is 0.745. The normalized spacial score (nSPS) is 15.6. The molecule has 2 aliphatic heterocycles. The molecule has 0 N–H and O–H groups in total. The van der Waals surface area contributed by atoms with Crippen molar-refractivity contribution in [2.75, 3.05) is 9.80 Å². The van der Waals surface area contributed by atoms with Crippen molar-refractivity contribution < 1.29 is 0 Å². The number of para-hydroxylation sites is 5. The summed E-state index contributed by atoms with van der Waals surface area (Å²) in [6, 6.07) is 77.6. The van der Waals surface area contributed by atoms with E-state index in [-0.39, 0.29) is 6.04 Å². The predicted octanol–water partition coefficient (Wildman–Crippen LogP) is 15.8. The first kappa shape index (κ1) is 37.1. The molecule has 1 aliphatic carbocycles. The van der Waals surface area contributed by atoms with Crippen LogP contribution >= 0.6 is 0 Å². The standard InChI is InChI=1S/C61H43N4/c1-62-53-24-8-7-23-52(53)61-59(62)30-15-31-60(61)63(44-36-32-41(33-37-44)43-16-14-17-46(40-43)64-55-26-10-3-19-48(55)49-20-4-11-27-56(49)64)45-38-34-42(35-39-45)47-18-2-9-25-54(47)65-57-28-12-5-21-50(57)51-22-6-13-29-58(51)65/h2-40,50,57H,1H2/q+1. The predicted molar refractivity (Wildman–Crippen MR) is 274 cm³/mol. The van der Waals surface area contributed by atoms with Gasteiger partial charge in [-0.3, -0.25) is 0 Å².